The van der Waals surface area contributed by atoms with Gasteiger partial charge in [-0.3, -0.25) is 4.79 Å². The van der Waals surface area contributed by atoms with Crippen molar-refractivity contribution in [2.24, 2.45) is 0 Å². The zero-order chi connectivity index (χ0) is 20.2. The number of carbonyl (C=O) groups excluding carboxylic acids is 1. The summed E-state index contributed by atoms with van der Waals surface area (Å²) in [6.45, 7) is 1.82. The lowest BCUT2D eigenvalue weighted by atomic mass is 9.98. The lowest BCUT2D eigenvalue weighted by Crippen LogP contribution is -2.15. The number of fused-ring (bicyclic) bond motifs is 1. The van der Waals surface area contributed by atoms with Crippen molar-refractivity contribution >= 4 is 16.7 Å². The van der Waals surface area contributed by atoms with E-state index in [0.717, 1.165) is 27.8 Å². The summed E-state index contributed by atoms with van der Waals surface area (Å²) in [4.78, 5) is 12.6. The molecule has 0 saturated heterocycles. The second-order valence-electron chi connectivity index (χ2n) is 6.64. The average molecular weight is 388 g/mol. The van der Waals surface area contributed by atoms with Gasteiger partial charge in [-0.2, -0.15) is 4.68 Å². The molecular weight excluding hydrogens is 368 g/mol. The molecular formula is C22H20N4O3. The molecule has 4 aromatic rings. The summed E-state index contributed by atoms with van der Waals surface area (Å²) in [7, 11) is 1.64. The third kappa shape index (κ3) is 3.94. The summed E-state index contributed by atoms with van der Waals surface area (Å²) in [5.41, 5.74) is 1.69. The van der Waals surface area contributed by atoms with Gasteiger partial charge in [0.1, 0.15) is 5.75 Å². The molecule has 3 aromatic carbocycles. The van der Waals surface area contributed by atoms with E-state index in [9.17, 15) is 4.79 Å². The molecule has 0 fully saturated rings. The quantitative estimate of drug-likeness (QED) is 0.469. The molecule has 0 bridgehead atoms. The van der Waals surface area contributed by atoms with Crippen LogP contribution >= 0.6 is 0 Å². The molecule has 1 atom stereocenters. The van der Waals surface area contributed by atoms with E-state index in [1.165, 1.54) is 0 Å². The number of para-hydroxylation sites is 1. The van der Waals surface area contributed by atoms with E-state index >= 15 is 0 Å². The Morgan fingerprint density at radius 1 is 1.03 bits per heavy atom. The van der Waals surface area contributed by atoms with Crippen LogP contribution in [0.5, 0.6) is 5.75 Å². The van der Waals surface area contributed by atoms with Crippen molar-refractivity contribution in [2.45, 2.75) is 19.4 Å². The van der Waals surface area contributed by atoms with Gasteiger partial charge in [-0.15, -0.1) is 5.10 Å². The van der Waals surface area contributed by atoms with Crippen molar-refractivity contribution in [1.29, 1.82) is 0 Å². The molecule has 0 amide bonds. The van der Waals surface area contributed by atoms with Crippen molar-refractivity contribution in [3.8, 4) is 11.4 Å². The molecule has 0 aliphatic heterocycles. The number of tetrazole rings is 1. The van der Waals surface area contributed by atoms with Gasteiger partial charge in [0.2, 0.25) is 0 Å². The molecule has 0 N–H and O–H groups in total. The van der Waals surface area contributed by atoms with Gasteiger partial charge < -0.3 is 9.47 Å². The lowest BCUT2D eigenvalue weighted by Gasteiger charge is -2.13. The molecule has 0 aliphatic rings. The van der Waals surface area contributed by atoms with Crippen LogP contribution in [-0.4, -0.2) is 33.3 Å². The molecule has 0 saturated carbocycles. The van der Waals surface area contributed by atoms with Crippen LogP contribution in [0.15, 0.2) is 66.7 Å². The second-order valence-corrected chi connectivity index (χ2v) is 6.64. The van der Waals surface area contributed by atoms with Crippen LogP contribution in [0.1, 0.15) is 24.2 Å². The fourth-order valence-electron chi connectivity index (χ4n) is 3.10. The van der Waals surface area contributed by atoms with Gasteiger partial charge in [0.25, 0.3) is 0 Å². The van der Waals surface area contributed by atoms with Gasteiger partial charge in [0.05, 0.1) is 18.7 Å². The minimum atomic E-state index is -0.414. The third-order valence-electron chi connectivity index (χ3n) is 4.80. The summed E-state index contributed by atoms with van der Waals surface area (Å²) < 4.78 is 12.3. The van der Waals surface area contributed by atoms with Crippen molar-refractivity contribution < 1.29 is 14.3 Å². The number of esters is 1. The smallest absolute Gasteiger partial charge is 0.313 e. The molecule has 1 aromatic heterocycles. The summed E-state index contributed by atoms with van der Waals surface area (Å²) in [6.07, 6.45) is 0. The van der Waals surface area contributed by atoms with Crippen molar-refractivity contribution in [1.82, 2.24) is 20.2 Å². The molecule has 1 heterocycles. The summed E-state index contributed by atoms with van der Waals surface area (Å²) in [6, 6.07) is 21.2. The lowest BCUT2D eigenvalue weighted by molar-refractivity contribution is -0.146. The largest absolute Gasteiger partial charge is 0.497 e. The number of hydrogen-bond donors (Lipinski definition) is 0. The third-order valence-corrected chi connectivity index (χ3v) is 4.80. The van der Waals surface area contributed by atoms with Crippen molar-refractivity contribution in [3.05, 3.63) is 78.1 Å². The Labute approximate surface area is 167 Å². The SMILES string of the molecule is COc1ccc2cc(C(C)C(=O)OCc3nnnn3-c3ccccc3)ccc2c1. The van der Waals surface area contributed by atoms with E-state index in [1.807, 2.05) is 73.7 Å². The Morgan fingerprint density at radius 2 is 1.79 bits per heavy atom. The Balaban J connectivity index is 1.47. The second kappa shape index (κ2) is 8.10. The maximum atomic E-state index is 12.6. The normalized spacial score (nSPS) is 11.9. The Morgan fingerprint density at radius 3 is 2.59 bits per heavy atom. The highest BCUT2D eigenvalue weighted by atomic mass is 16.5. The predicted octanol–water partition coefficient (Wildman–Crippen LogP) is 3.67. The maximum Gasteiger partial charge on any atom is 0.313 e. The van der Waals surface area contributed by atoms with Gasteiger partial charge in [0, 0.05) is 0 Å². The van der Waals surface area contributed by atoms with E-state index in [4.69, 9.17) is 9.47 Å². The van der Waals surface area contributed by atoms with Crippen molar-refractivity contribution in [2.75, 3.05) is 7.11 Å². The highest BCUT2D eigenvalue weighted by Crippen LogP contribution is 2.26. The van der Waals surface area contributed by atoms with Gasteiger partial charge in [-0.25, -0.2) is 0 Å². The van der Waals surface area contributed by atoms with Gasteiger partial charge in [-0.05, 0) is 58.0 Å². The number of aromatic nitrogens is 4. The molecule has 1 unspecified atom stereocenters. The molecule has 146 valence electrons. The zero-order valence-corrected chi connectivity index (χ0v) is 16.1. The number of benzene rings is 3. The van der Waals surface area contributed by atoms with Crippen LogP contribution in [-0.2, 0) is 16.1 Å². The first-order valence-corrected chi connectivity index (χ1v) is 9.23. The standard InChI is InChI=1S/C22H20N4O3/c1-15(16-8-9-18-13-20(28-2)11-10-17(18)12-16)22(27)29-14-21-23-24-25-26(21)19-6-4-3-5-7-19/h3-13,15H,14H2,1-2H3. The molecule has 0 spiro atoms. The van der Waals surface area contributed by atoms with Gasteiger partial charge >= 0.3 is 5.97 Å². The number of methoxy groups -OCH3 is 1. The summed E-state index contributed by atoms with van der Waals surface area (Å²) in [5, 5.41) is 13.7. The number of nitrogens with zero attached hydrogens (tertiary/aromatic N) is 4. The van der Waals surface area contributed by atoms with E-state index < -0.39 is 5.92 Å². The van der Waals surface area contributed by atoms with Crippen LogP contribution in [0.4, 0.5) is 0 Å². The van der Waals surface area contributed by atoms with Gasteiger partial charge in [0.15, 0.2) is 12.4 Å². The Bertz CT molecular complexity index is 1140. The number of ether oxygens (including phenoxy) is 2. The topological polar surface area (TPSA) is 79.1 Å². The zero-order valence-electron chi connectivity index (χ0n) is 16.1. The van der Waals surface area contributed by atoms with Crippen LogP contribution in [0.25, 0.3) is 16.5 Å². The predicted molar refractivity (Wildman–Crippen MR) is 108 cm³/mol. The summed E-state index contributed by atoms with van der Waals surface area (Å²) >= 11 is 0. The first kappa shape index (κ1) is 18.6. The molecule has 0 radical (unpaired) electrons. The van der Waals surface area contributed by atoms with Crippen molar-refractivity contribution in [3.63, 3.8) is 0 Å². The maximum absolute atomic E-state index is 12.6. The number of carbonyl (C=O) groups is 1. The van der Waals surface area contributed by atoms with E-state index in [2.05, 4.69) is 15.5 Å². The Hall–Kier alpha value is -3.74. The van der Waals surface area contributed by atoms with E-state index in [-0.39, 0.29) is 12.6 Å². The van der Waals surface area contributed by atoms with Crippen LogP contribution < -0.4 is 4.74 Å². The van der Waals surface area contributed by atoms with Crippen LogP contribution in [0.3, 0.4) is 0 Å². The van der Waals surface area contributed by atoms with Gasteiger partial charge in [-0.1, -0.05) is 42.5 Å². The van der Waals surface area contributed by atoms with E-state index in [1.54, 1.807) is 11.8 Å². The first-order valence-electron chi connectivity index (χ1n) is 9.23. The summed E-state index contributed by atoms with van der Waals surface area (Å²) in [5.74, 6) is 0.513. The number of rotatable bonds is 6. The fraction of sp³-hybridized carbons (Fsp3) is 0.182. The molecule has 29 heavy (non-hydrogen) atoms. The molecule has 0 aliphatic carbocycles. The molecule has 7 nitrogen and oxygen atoms in total. The highest BCUT2D eigenvalue weighted by molar-refractivity contribution is 5.86. The molecule has 4 rings (SSSR count). The minimum absolute atomic E-state index is 0.00412. The average Bonchev–Trinajstić information content (AvgIpc) is 3.25. The van der Waals surface area contributed by atoms with Crippen LogP contribution in [0.2, 0.25) is 0 Å². The first-order chi connectivity index (χ1) is 14.2. The van der Waals surface area contributed by atoms with Crippen LogP contribution in [0, 0.1) is 0 Å². The minimum Gasteiger partial charge on any atom is -0.497 e. The van der Waals surface area contributed by atoms with E-state index in [0.29, 0.717) is 5.82 Å². The monoisotopic (exact) mass is 388 g/mol. The Kier molecular flexibility index (Phi) is 5.20. The highest BCUT2D eigenvalue weighted by Gasteiger charge is 2.19. The molecule has 7 heteroatoms. The number of hydrogen-bond acceptors (Lipinski definition) is 6. The fourth-order valence-corrected chi connectivity index (χ4v) is 3.10.